The number of ether oxygens (including phenoxy) is 1. The van der Waals surface area contributed by atoms with Gasteiger partial charge < -0.3 is 20.5 Å². The second kappa shape index (κ2) is 4.62. The molecule has 2 aliphatic rings. The van der Waals surface area contributed by atoms with Crippen LogP contribution in [0.25, 0.3) is 0 Å². The van der Waals surface area contributed by atoms with Crippen molar-refractivity contribution in [1.82, 2.24) is 4.90 Å². The third kappa shape index (κ3) is 2.42. The number of aliphatic carboxylic acids is 1. The van der Waals surface area contributed by atoms with E-state index in [2.05, 4.69) is 0 Å². The van der Waals surface area contributed by atoms with Crippen molar-refractivity contribution in [3.05, 3.63) is 0 Å². The molecule has 2 heterocycles. The molecule has 96 valence electrons. The van der Waals surface area contributed by atoms with Gasteiger partial charge in [-0.2, -0.15) is 0 Å². The van der Waals surface area contributed by atoms with Gasteiger partial charge in [0.1, 0.15) is 5.54 Å². The number of hydrogen-bond acceptors (Lipinski definition) is 4. The van der Waals surface area contributed by atoms with Crippen molar-refractivity contribution in [2.24, 2.45) is 11.7 Å². The fourth-order valence-electron chi connectivity index (χ4n) is 2.43. The van der Waals surface area contributed by atoms with Crippen LogP contribution in [0.3, 0.4) is 0 Å². The van der Waals surface area contributed by atoms with Crippen LogP contribution in [0.5, 0.6) is 0 Å². The lowest BCUT2D eigenvalue weighted by Crippen LogP contribution is -2.58. The molecule has 1 amide bonds. The minimum atomic E-state index is -0.944. The minimum absolute atomic E-state index is 0.166. The summed E-state index contributed by atoms with van der Waals surface area (Å²) in [6, 6.07) is 0. The van der Waals surface area contributed by atoms with Gasteiger partial charge in [-0.05, 0) is 19.3 Å². The summed E-state index contributed by atoms with van der Waals surface area (Å²) >= 11 is 0. The zero-order valence-corrected chi connectivity index (χ0v) is 9.72. The average Bonchev–Trinajstić information content (AvgIpc) is 2.76. The molecule has 0 aromatic heterocycles. The molecule has 0 spiro atoms. The Labute approximate surface area is 99.7 Å². The summed E-state index contributed by atoms with van der Waals surface area (Å²) < 4.78 is 5.16. The normalized spacial score (nSPS) is 33.7. The van der Waals surface area contributed by atoms with Crippen molar-refractivity contribution in [3.8, 4) is 0 Å². The molecule has 2 atom stereocenters. The lowest BCUT2D eigenvalue weighted by atomic mass is 9.93. The van der Waals surface area contributed by atoms with Crippen LogP contribution in [0, 0.1) is 5.92 Å². The molecule has 2 fully saturated rings. The molecule has 6 heteroatoms. The number of carboxylic acid groups (broad SMARTS) is 1. The van der Waals surface area contributed by atoms with E-state index in [-0.39, 0.29) is 19.1 Å². The van der Waals surface area contributed by atoms with Gasteiger partial charge in [0.2, 0.25) is 5.91 Å². The SMILES string of the molecule is NC1(C(=O)N2CCCC(C(=O)O)C2)CCOC1. The van der Waals surface area contributed by atoms with E-state index in [0.717, 1.165) is 6.42 Å². The quantitative estimate of drug-likeness (QED) is 0.676. The van der Waals surface area contributed by atoms with Gasteiger partial charge in [0.25, 0.3) is 0 Å². The largest absolute Gasteiger partial charge is 0.481 e. The van der Waals surface area contributed by atoms with Crippen molar-refractivity contribution in [3.63, 3.8) is 0 Å². The Morgan fingerprint density at radius 2 is 2.24 bits per heavy atom. The number of likely N-dealkylation sites (tertiary alicyclic amines) is 1. The highest BCUT2D eigenvalue weighted by atomic mass is 16.5. The smallest absolute Gasteiger partial charge is 0.308 e. The monoisotopic (exact) mass is 242 g/mol. The standard InChI is InChI=1S/C11H18N2O4/c12-11(3-5-17-7-11)10(16)13-4-1-2-8(6-13)9(14)15/h8H,1-7,12H2,(H,14,15). The third-order valence-electron chi connectivity index (χ3n) is 3.54. The number of amides is 1. The Morgan fingerprint density at radius 3 is 2.82 bits per heavy atom. The number of carboxylic acids is 1. The lowest BCUT2D eigenvalue weighted by molar-refractivity contribution is -0.147. The number of carbonyl (C=O) groups is 2. The Morgan fingerprint density at radius 1 is 1.47 bits per heavy atom. The second-order valence-corrected chi connectivity index (χ2v) is 4.89. The van der Waals surface area contributed by atoms with Crippen LogP contribution < -0.4 is 5.73 Å². The fourth-order valence-corrected chi connectivity index (χ4v) is 2.43. The van der Waals surface area contributed by atoms with Gasteiger partial charge in [0, 0.05) is 19.7 Å². The van der Waals surface area contributed by atoms with Crippen molar-refractivity contribution in [2.75, 3.05) is 26.3 Å². The van der Waals surface area contributed by atoms with Gasteiger partial charge in [0.15, 0.2) is 0 Å². The van der Waals surface area contributed by atoms with Gasteiger partial charge in [-0.15, -0.1) is 0 Å². The van der Waals surface area contributed by atoms with E-state index in [4.69, 9.17) is 15.6 Å². The van der Waals surface area contributed by atoms with Crippen molar-refractivity contribution < 1.29 is 19.4 Å². The number of piperidine rings is 1. The van der Waals surface area contributed by atoms with Crippen LogP contribution in [-0.2, 0) is 14.3 Å². The number of carbonyl (C=O) groups excluding carboxylic acids is 1. The molecule has 17 heavy (non-hydrogen) atoms. The molecule has 0 saturated carbocycles. The predicted octanol–water partition coefficient (Wildman–Crippen LogP) is -0.573. The maximum Gasteiger partial charge on any atom is 0.308 e. The Kier molecular flexibility index (Phi) is 3.35. The average molecular weight is 242 g/mol. The summed E-state index contributed by atoms with van der Waals surface area (Å²) in [5.74, 6) is -1.46. The van der Waals surface area contributed by atoms with E-state index in [1.54, 1.807) is 4.90 Å². The highest BCUT2D eigenvalue weighted by Crippen LogP contribution is 2.23. The summed E-state index contributed by atoms with van der Waals surface area (Å²) in [4.78, 5) is 24.7. The van der Waals surface area contributed by atoms with Crippen LogP contribution in [-0.4, -0.2) is 53.7 Å². The zero-order chi connectivity index (χ0) is 12.5. The van der Waals surface area contributed by atoms with E-state index in [9.17, 15) is 9.59 Å². The maximum atomic E-state index is 12.2. The molecule has 6 nitrogen and oxygen atoms in total. The molecule has 0 aromatic rings. The second-order valence-electron chi connectivity index (χ2n) is 4.89. The summed E-state index contributed by atoms with van der Waals surface area (Å²) in [5, 5.41) is 8.97. The molecule has 2 saturated heterocycles. The van der Waals surface area contributed by atoms with Crippen LogP contribution >= 0.6 is 0 Å². The van der Waals surface area contributed by atoms with Crippen molar-refractivity contribution in [2.45, 2.75) is 24.8 Å². The number of nitrogens with zero attached hydrogens (tertiary/aromatic N) is 1. The van der Waals surface area contributed by atoms with Gasteiger partial charge in [0.05, 0.1) is 12.5 Å². The minimum Gasteiger partial charge on any atom is -0.481 e. The summed E-state index contributed by atoms with van der Waals surface area (Å²) in [6.45, 7) is 1.60. The van der Waals surface area contributed by atoms with Crippen LogP contribution in [0.15, 0.2) is 0 Å². The first-order valence-corrected chi connectivity index (χ1v) is 5.92. The first-order valence-electron chi connectivity index (χ1n) is 5.92. The van der Waals surface area contributed by atoms with Crippen LogP contribution in [0.2, 0.25) is 0 Å². The molecular weight excluding hydrogens is 224 g/mol. The molecule has 0 bridgehead atoms. The molecule has 2 unspecified atom stereocenters. The van der Waals surface area contributed by atoms with Crippen molar-refractivity contribution >= 4 is 11.9 Å². The molecule has 0 aromatic carbocycles. The van der Waals surface area contributed by atoms with E-state index in [0.29, 0.717) is 26.0 Å². The molecule has 2 aliphatic heterocycles. The van der Waals surface area contributed by atoms with Crippen LogP contribution in [0.1, 0.15) is 19.3 Å². The van der Waals surface area contributed by atoms with E-state index < -0.39 is 17.4 Å². The highest BCUT2D eigenvalue weighted by Gasteiger charge is 2.42. The zero-order valence-electron chi connectivity index (χ0n) is 9.72. The fraction of sp³-hybridized carbons (Fsp3) is 0.818. The third-order valence-corrected chi connectivity index (χ3v) is 3.54. The van der Waals surface area contributed by atoms with Gasteiger partial charge in [-0.3, -0.25) is 9.59 Å². The molecule has 3 N–H and O–H groups in total. The van der Waals surface area contributed by atoms with E-state index in [1.807, 2.05) is 0 Å². The van der Waals surface area contributed by atoms with Gasteiger partial charge in [-0.25, -0.2) is 0 Å². The van der Waals surface area contributed by atoms with Gasteiger partial charge in [-0.1, -0.05) is 0 Å². The summed E-state index contributed by atoms with van der Waals surface area (Å²) in [6.07, 6.45) is 1.87. The lowest BCUT2D eigenvalue weighted by Gasteiger charge is -2.35. The first kappa shape index (κ1) is 12.3. The maximum absolute atomic E-state index is 12.2. The van der Waals surface area contributed by atoms with Crippen molar-refractivity contribution in [1.29, 1.82) is 0 Å². The number of rotatable bonds is 2. The molecular formula is C11H18N2O4. The van der Waals surface area contributed by atoms with E-state index in [1.165, 1.54) is 0 Å². The first-order chi connectivity index (χ1) is 8.03. The van der Waals surface area contributed by atoms with E-state index >= 15 is 0 Å². The number of hydrogen-bond donors (Lipinski definition) is 2. The molecule has 0 aliphatic carbocycles. The Bertz CT molecular complexity index is 325. The molecule has 2 rings (SSSR count). The Hall–Kier alpha value is -1.14. The summed E-state index contributed by atoms with van der Waals surface area (Å²) in [5.41, 5.74) is 5.05. The summed E-state index contributed by atoms with van der Waals surface area (Å²) in [7, 11) is 0. The topological polar surface area (TPSA) is 92.9 Å². The number of nitrogens with two attached hydrogens (primary N) is 1. The predicted molar refractivity (Wildman–Crippen MR) is 59.3 cm³/mol. The highest BCUT2D eigenvalue weighted by molar-refractivity contribution is 5.87. The van der Waals surface area contributed by atoms with Crippen LogP contribution in [0.4, 0.5) is 0 Å². The van der Waals surface area contributed by atoms with Gasteiger partial charge >= 0.3 is 5.97 Å². The Balaban J connectivity index is 2.01. The molecule has 0 radical (unpaired) electrons.